The minimum Gasteiger partial charge on any atom is -0.374 e. The molecule has 1 aliphatic rings. The molecule has 3 nitrogen and oxygen atoms in total. The molecule has 2 atom stereocenters. The summed E-state index contributed by atoms with van der Waals surface area (Å²) < 4.78 is 19.6. The monoisotopic (exact) mass is 238 g/mol. The summed E-state index contributed by atoms with van der Waals surface area (Å²) in [5.74, 6) is -0.166. The molecular formula is C13H19FN2O. The van der Waals surface area contributed by atoms with Gasteiger partial charge in [0.05, 0.1) is 18.8 Å². The molecule has 17 heavy (non-hydrogen) atoms. The van der Waals surface area contributed by atoms with Crippen LogP contribution in [-0.2, 0) is 4.74 Å². The minimum absolute atomic E-state index is 0.00403. The van der Waals surface area contributed by atoms with Gasteiger partial charge in [0.1, 0.15) is 5.82 Å². The second kappa shape index (κ2) is 5.58. The van der Waals surface area contributed by atoms with Gasteiger partial charge in [0.2, 0.25) is 0 Å². The highest BCUT2D eigenvalue weighted by atomic mass is 19.1. The van der Waals surface area contributed by atoms with Gasteiger partial charge in [-0.2, -0.15) is 0 Å². The van der Waals surface area contributed by atoms with Gasteiger partial charge in [-0.15, -0.1) is 0 Å². The molecule has 1 aromatic rings. The Morgan fingerprint density at radius 1 is 1.41 bits per heavy atom. The molecule has 1 fully saturated rings. The van der Waals surface area contributed by atoms with Crippen molar-refractivity contribution in [3.8, 4) is 0 Å². The van der Waals surface area contributed by atoms with Gasteiger partial charge in [0, 0.05) is 18.7 Å². The summed E-state index contributed by atoms with van der Waals surface area (Å²) in [5, 5.41) is 3.29. The number of halogens is 1. The summed E-state index contributed by atoms with van der Waals surface area (Å²) in [6.45, 7) is 2.31. The number of hydrogen-bond acceptors (Lipinski definition) is 3. The quantitative estimate of drug-likeness (QED) is 0.862. The van der Waals surface area contributed by atoms with Crippen molar-refractivity contribution in [1.82, 2.24) is 10.2 Å². The van der Waals surface area contributed by atoms with Crippen LogP contribution in [0.4, 0.5) is 4.39 Å². The van der Waals surface area contributed by atoms with Crippen LogP contribution in [-0.4, -0.2) is 44.8 Å². The second-order valence-corrected chi connectivity index (χ2v) is 4.54. The zero-order valence-corrected chi connectivity index (χ0v) is 10.3. The molecular weight excluding hydrogens is 219 g/mol. The van der Waals surface area contributed by atoms with Crippen LogP contribution in [0.15, 0.2) is 24.3 Å². The zero-order chi connectivity index (χ0) is 12.3. The van der Waals surface area contributed by atoms with Crippen LogP contribution in [0.1, 0.15) is 11.6 Å². The second-order valence-electron chi connectivity index (χ2n) is 4.54. The normalized spacial score (nSPS) is 22.7. The van der Waals surface area contributed by atoms with Crippen LogP contribution in [0.2, 0.25) is 0 Å². The summed E-state index contributed by atoms with van der Waals surface area (Å²) in [6.07, 6.45) is -0.00403. The van der Waals surface area contributed by atoms with Crippen molar-refractivity contribution in [2.45, 2.75) is 12.1 Å². The summed E-state index contributed by atoms with van der Waals surface area (Å²) >= 11 is 0. The van der Waals surface area contributed by atoms with E-state index in [1.807, 2.05) is 31.1 Å². The van der Waals surface area contributed by atoms with Gasteiger partial charge in [-0.25, -0.2) is 4.39 Å². The zero-order valence-electron chi connectivity index (χ0n) is 10.3. The summed E-state index contributed by atoms with van der Waals surface area (Å²) in [5.41, 5.74) is 0.700. The van der Waals surface area contributed by atoms with E-state index in [4.69, 9.17) is 4.74 Å². The smallest absolute Gasteiger partial charge is 0.128 e. The maximum Gasteiger partial charge on any atom is 0.128 e. The molecule has 1 aliphatic heterocycles. The first-order chi connectivity index (χ1) is 8.20. The number of morpholine rings is 1. The predicted octanol–water partition coefficient (Wildman–Crippen LogP) is 1.42. The molecule has 1 saturated heterocycles. The van der Waals surface area contributed by atoms with E-state index in [2.05, 4.69) is 5.32 Å². The lowest BCUT2D eigenvalue weighted by Gasteiger charge is -2.35. The van der Waals surface area contributed by atoms with Crippen LogP contribution in [0.3, 0.4) is 0 Å². The fourth-order valence-electron chi connectivity index (χ4n) is 2.31. The predicted molar refractivity (Wildman–Crippen MR) is 65.4 cm³/mol. The highest BCUT2D eigenvalue weighted by Crippen LogP contribution is 2.27. The van der Waals surface area contributed by atoms with Crippen LogP contribution < -0.4 is 5.32 Å². The number of benzene rings is 1. The van der Waals surface area contributed by atoms with Crippen molar-refractivity contribution in [2.75, 3.05) is 33.8 Å². The SMILES string of the molecule is CN(C)C(c1ccccc1F)C1CNCCO1. The first kappa shape index (κ1) is 12.5. The molecule has 0 bridgehead atoms. The fourth-order valence-corrected chi connectivity index (χ4v) is 2.31. The summed E-state index contributed by atoms with van der Waals surface area (Å²) in [6, 6.07) is 6.86. The van der Waals surface area contributed by atoms with Gasteiger partial charge in [0.15, 0.2) is 0 Å². The van der Waals surface area contributed by atoms with E-state index < -0.39 is 0 Å². The molecule has 94 valence electrons. The third-order valence-corrected chi connectivity index (χ3v) is 3.09. The van der Waals surface area contributed by atoms with Crippen LogP contribution in [0, 0.1) is 5.82 Å². The van der Waals surface area contributed by atoms with Crippen molar-refractivity contribution < 1.29 is 9.13 Å². The van der Waals surface area contributed by atoms with E-state index in [9.17, 15) is 4.39 Å². The first-order valence-corrected chi connectivity index (χ1v) is 5.93. The molecule has 1 aromatic carbocycles. The Labute approximate surface area is 102 Å². The number of nitrogens with zero attached hydrogens (tertiary/aromatic N) is 1. The molecule has 0 saturated carbocycles. The Hall–Kier alpha value is -0.970. The molecule has 2 rings (SSSR count). The van der Waals surface area contributed by atoms with E-state index in [0.29, 0.717) is 12.2 Å². The number of rotatable bonds is 3. The third-order valence-electron chi connectivity index (χ3n) is 3.09. The van der Waals surface area contributed by atoms with Crippen LogP contribution in [0.5, 0.6) is 0 Å². The van der Waals surface area contributed by atoms with E-state index in [0.717, 1.165) is 13.1 Å². The maximum atomic E-state index is 13.9. The molecule has 1 N–H and O–H groups in total. The fraction of sp³-hybridized carbons (Fsp3) is 0.538. The molecule has 0 aromatic heterocycles. The molecule has 0 amide bonds. The lowest BCUT2D eigenvalue weighted by Crippen LogP contribution is -2.45. The lowest BCUT2D eigenvalue weighted by atomic mass is 9.99. The summed E-state index contributed by atoms with van der Waals surface area (Å²) in [7, 11) is 3.91. The van der Waals surface area contributed by atoms with Crippen LogP contribution >= 0.6 is 0 Å². The Bertz CT molecular complexity index is 364. The van der Waals surface area contributed by atoms with Gasteiger partial charge >= 0.3 is 0 Å². The van der Waals surface area contributed by atoms with Gasteiger partial charge < -0.3 is 10.1 Å². The highest BCUT2D eigenvalue weighted by Gasteiger charge is 2.29. The standard InChI is InChI=1S/C13H19FN2O/c1-16(2)13(12-9-15-7-8-17-12)10-5-3-4-6-11(10)14/h3-6,12-13,15H,7-9H2,1-2H3. The van der Waals surface area contributed by atoms with E-state index in [1.54, 1.807) is 6.07 Å². The average Bonchev–Trinajstić information content (AvgIpc) is 2.33. The molecule has 0 aliphatic carbocycles. The Balaban J connectivity index is 2.25. The average molecular weight is 238 g/mol. The van der Waals surface area contributed by atoms with Gasteiger partial charge in [-0.05, 0) is 20.2 Å². The van der Waals surface area contributed by atoms with E-state index in [-0.39, 0.29) is 18.0 Å². The lowest BCUT2D eigenvalue weighted by molar-refractivity contribution is -0.0221. The number of ether oxygens (including phenoxy) is 1. The summed E-state index contributed by atoms with van der Waals surface area (Å²) in [4.78, 5) is 2.01. The molecule has 1 heterocycles. The minimum atomic E-state index is -0.166. The van der Waals surface area contributed by atoms with E-state index >= 15 is 0 Å². The van der Waals surface area contributed by atoms with Crippen molar-refractivity contribution in [3.63, 3.8) is 0 Å². The largest absolute Gasteiger partial charge is 0.374 e. The Morgan fingerprint density at radius 3 is 2.76 bits per heavy atom. The van der Waals surface area contributed by atoms with Crippen LogP contribution in [0.25, 0.3) is 0 Å². The van der Waals surface area contributed by atoms with Crippen molar-refractivity contribution in [1.29, 1.82) is 0 Å². The van der Waals surface area contributed by atoms with Crippen molar-refractivity contribution >= 4 is 0 Å². The maximum absolute atomic E-state index is 13.9. The van der Waals surface area contributed by atoms with Gasteiger partial charge in [-0.1, -0.05) is 18.2 Å². The Morgan fingerprint density at radius 2 is 2.18 bits per heavy atom. The molecule has 2 unspecified atom stereocenters. The molecule has 4 heteroatoms. The number of nitrogens with one attached hydrogen (secondary N) is 1. The first-order valence-electron chi connectivity index (χ1n) is 5.93. The molecule has 0 radical (unpaired) electrons. The highest BCUT2D eigenvalue weighted by molar-refractivity contribution is 5.22. The number of likely N-dealkylation sites (N-methyl/N-ethyl adjacent to an activating group) is 1. The van der Waals surface area contributed by atoms with Gasteiger partial charge in [0.25, 0.3) is 0 Å². The number of hydrogen-bond donors (Lipinski definition) is 1. The third kappa shape index (κ3) is 2.83. The van der Waals surface area contributed by atoms with E-state index in [1.165, 1.54) is 6.07 Å². The topological polar surface area (TPSA) is 24.5 Å². The van der Waals surface area contributed by atoms with Gasteiger partial charge in [-0.3, -0.25) is 4.90 Å². The van der Waals surface area contributed by atoms with Crippen molar-refractivity contribution in [3.05, 3.63) is 35.6 Å². The van der Waals surface area contributed by atoms with Crippen molar-refractivity contribution in [2.24, 2.45) is 0 Å². The Kier molecular flexibility index (Phi) is 4.10. The molecule has 0 spiro atoms.